The summed E-state index contributed by atoms with van der Waals surface area (Å²) in [6.45, 7) is 4.24. The topological polar surface area (TPSA) is 44.9 Å². The molecular weight excluding hydrogens is 322 g/mol. The summed E-state index contributed by atoms with van der Waals surface area (Å²) in [6, 6.07) is 3.81. The molecule has 2 aromatic heterocycles. The predicted octanol–water partition coefficient (Wildman–Crippen LogP) is 4.38. The first-order chi connectivity index (χ1) is 10.8. The standard InChI is InChI=1S/C16H17ClF2N4/c1-10(2)23-8-13(22-5-3-4-16(18,19)9-22)14-12(23)6-11(7-20)15(17)21-14/h6,8,10H,3-5,9H2,1-2H3. The average Bonchev–Trinajstić information content (AvgIpc) is 2.83. The molecule has 1 fully saturated rings. The molecule has 7 heteroatoms. The first kappa shape index (κ1) is 16.0. The highest BCUT2D eigenvalue weighted by molar-refractivity contribution is 6.31. The van der Waals surface area contributed by atoms with Crippen LogP contribution in [-0.2, 0) is 0 Å². The van der Waals surface area contributed by atoms with Crippen molar-refractivity contribution >= 4 is 28.3 Å². The van der Waals surface area contributed by atoms with Crippen molar-refractivity contribution in [3.63, 3.8) is 0 Å². The fourth-order valence-corrected chi connectivity index (χ4v) is 3.22. The third kappa shape index (κ3) is 2.86. The Morgan fingerprint density at radius 1 is 1.43 bits per heavy atom. The molecule has 0 N–H and O–H groups in total. The first-order valence-corrected chi connectivity index (χ1v) is 7.94. The Morgan fingerprint density at radius 2 is 2.17 bits per heavy atom. The number of alkyl halides is 2. The molecule has 0 atom stereocenters. The van der Waals surface area contributed by atoms with Crippen LogP contribution >= 0.6 is 11.6 Å². The molecule has 0 saturated carbocycles. The summed E-state index contributed by atoms with van der Waals surface area (Å²) in [5, 5.41) is 9.24. The normalized spacial score (nSPS) is 17.7. The summed E-state index contributed by atoms with van der Waals surface area (Å²) in [5.41, 5.74) is 2.25. The van der Waals surface area contributed by atoms with Gasteiger partial charge in [0.25, 0.3) is 5.92 Å². The fourth-order valence-electron chi connectivity index (χ4n) is 3.04. The predicted molar refractivity (Wildman–Crippen MR) is 86.2 cm³/mol. The van der Waals surface area contributed by atoms with Crippen LogP contribution in [0.25, 0.3) is 11.0 Å². The minimum atomic E-state index is -2.69. The number of fused-ring (bicyclic) bond motifs is 1. The Morgan fingerprint density at radius 3 is 2.78 bits per heavy atom. The maximum atomic E-state index is 13.8. The second-order valence-corrected chi connectivity index (χ2v) is 6.56. The van der Waals surface area contributed by atoms with Crippen LogP contribution in [0, 0.1) is 11.3 Å². The summed E-state index contributed by atoms with van der Waals surface area (Å²) in [5.74, 6) is -2.69. The summed E-state index contributed by atoms with van der Waals surface area (Å²) >= 11 is 6.05. The highest BCUT2D eigenvalue weighted by Crippen LogP contribution is 2.36. The van der Waals surface area contributed by atoms with Crippen molar-refractivity contribution in [3.05, 3.63) is 23.0 Å². The van der Waals surface area contributed by atoms with E-state index in [4.69, 9.17) is 16.9 Å². The lowest BCUT2D eigenvalue weighted by Gasteiger charge is -2.33. The van der Waals surface area contributed by atoms with Gasteiger partial charge in [0.2, 0.25) is 0 Å². The van der Waals surface area contributed by atoms with Crippen LogP contribution in [0.1, 0.15) is 38.3 Å². The lowest BCUT2D eigenvalue weighted by atomic mass is 10.1. The van der Waals surface area contributed by atoms with Crippen LogP contribution in [-0.4, -0.2) is 28.6 Å². The summed E-state index contributed by atoms with van der Waals surface area (Å²) < 4.78 is 29.5. The summed E-state index contributed by atoms with van der Waals surface area (Å²) in [6.07, 6.45) is 2.19. The Kier molecular flexibility index (Phi) is 3.93. The maximum absolute atomic E-state index is 13.8. The highest BCUT2D eigenvalue weighted by Gasteiger charge is 2.36. The largest absolute Gasteiger partial charge is 0.363 e. The minimum absolute atomic E-state index is 0.0842. The highest BCUT2D eigenvalue weighted by atomic mass is 35.5. The number of nitriles is 1. The quantitative estimate of drug-likeness (QED) is 0.763. The van der Waals surface area contributed by atoms with Crippen LogP contribution in [0.3, 0.4) is 0 Å². The van der Waals surface area contributed by atoms with Crippen LogP contribution in [0.4, 0.5) is 14.5 Å². The van der Waals surface area contributed by atoms with Crippen molar-refractivity contribution in [3.8, 4) is 6.07 Å². The molecule has 3 rings (SSSR count). The maximum Gasteiger partial charge on any atom is 0.265 e. The number of anilines is 1. The van der Waals surface area contributed by atoms with E-state index in [1.807, 2.05) is 30.7 Å². The van der Waals surface area contributed by atoms with E-state index < -0.39 is 5.92 Å². The SMILES string of the molecule is CC(C)n1cc(N2CCCC(F)(F)C2)c2nc(Cl)c(C#N)cc21. The van der Waals surface area contributed by atoms with Gasteiger partial charge in [0.05, 0.1) is 23.3 Å². The Hall–Kier alpha value is -1.87. The fraction of sp³-hybridized carbons (Fsp3) is 0.500. The van der Waals surface area contributed by atoms with E-state index in [0.29, 0.717) is 24.2 Å². The molecule has 1 aliphatic rings. The van der Waals surface area contributed by atoms with E-state index in [2.05, 4.69) is 4.98 Å². The number of aromatic nitrogens is 2. The Labute approximate surface area is 138 Å². The van der Waals surface area contributed by atoms with Crippen molar-refractivity contribution in [1.82, 2.24) is 9.55 Å². The Balaban J connectivity index is 2.17. The first-order valence-electron chi connectivity index (χ1n) is 7.56. The number of halogens is 3. The van der Waals surface area contributed by atoms with Gasteiger partial charge >= 0.3 is 0 Å². The van der Waals surface area contributed by atoms with E-state index in [-0.39, 0.29) is 29.7 Å². The molecule has 0 radical (unpaired) electrons. The van der Waals surface area contributed by atoms with E-state index in [0.717, 1.165) is 5.52 Å². The zero-order valence-electron chi connectivity index (χ0n) is 13.0. The zero-order chi connectivity index (χ0) is 16.8. The van der Waals surface area contributed by atoms with Gasteiger partial charge in [-0.1, -0.05) is 11.6 Å². The molecule has 1 aliphatic heterocycles. The molecule has 122 valence electrons. The Bertz CT molecular complexity index is 791. The van der Waals surface area contributed by atoms with E-state index in [1.165, 1.54) is 0 Å². The molecule has 4 nitrogen and oxygen atoms in total. The van der Waals surface area contributed by atoms with E-state index in [1.54, 1.807) is 11.0 Å². The van der Waals surface area contributed by atoms with Crippen LogP contribution < -0.4 is 4.90 Å². The van der Waals surface area contributed by atoms with Gasteiger partial charge in [-0.3, -0.25) is 0 Å². The number of hydrogen-bond donors (Lipinski definition) is 0. The van der Waals surface area contributed by atoms with Gasteiger partial charge in [-0.05, 0) is 26.3 Å². The van der Waals surface area contributed by atoms with Gasteiger partial charge in [-0.25, -0.2) is 13.8 Å². The third-order valence-electron chi connectivity index (χ3n) is 4.15. The lowest BCUT2D eigenvalue weighted by Crippen LogP contribution is -2.42. The molecular formula is C16H17ClF2N4. The number of pyridine rings is 1. The van der Waals surface area contributed by atoms with Gasteiger partial charge in [-0.2, -0.15) is 5.26 Å². The van der Waals surface area contributed by atoms with Crippen LogP contribution in [0.2, 0.25) is 5.15 Å². The monoisotopic (exact) mass is 338 g/mol. The number of hydrogen-bond acceptors (Lipinski definition) is 3. The van der Waals surface area contributed by atoms with Gasteiger partial charge in [0.15, 0.2) is 0 Å². The summed E-state index contributed by atoms with van der Waals surface area (Å²) in [7, 11) is 0. The van der Waals surface area contributed by atoms with Gasteiger partial charge in [0, 0.05) is 25.2 Å². The van der Waals surface area contributed by atoms with Crippen molar-refractivity contribution in [2.75, 3.05) is 18.0 Å². The van der Waals surface area contributed by atoms with Crippen molar-refractivity contribution in [2.24, 2.45) is 0 Å². The number of rotatable bonds is 2. The smallest absolute Gasteiger partial charge is 0.265 e. The molecule has 0 bridgehead atoms. The van der Waals surface area contributed by atoms with E-state index in [9.17, 15) is 8.78 Å². The molecule has 0 aliphatic carbocycles. The zero-order valence-corrected chi connectivity index (χ0v) is 13.7. The van der Waals surface area contributed by atoms with Gasteiger partial charge < -0.3 is 9.47 Å². The van der Waals surface area contributed by atoms with Crippen LogP contribution in [0.5, 0.6) is 0 Å². The second-order valence-electron chi connectivity index (χ2n) is 6.20. The number of nitrogens with zero attached hydrogens (tertiary/aromatic N) is 4. The lowest BCUT2D eigenvalue weighted by molar-refractivity contribution is -0.0116. The van der Waals surface area contributed by atoms with Crippen molar-refractivity contribution in [1.29, 1.82) is 5.26 Å². The number of piperidine rings is 1. The average molecular weight is 339 g/mol. The molecule has 3 heterocycles. The van der Waals surface area contributed by atoms with Gasteiger partial charge in [-0.15, -0.1) is 0 Å². The molecule has 0 aromatic carbocycles. The molecule has 0 unspecified atom stereocenters. The molecule has 23 heavy (non-hydrogen) atoms. The van der Waals surface area contributed by atoms with Crippen molar-refractivity contribution in [2.45, 2.75) is 38.7 Å². The van der Waals surface area contributed by atoms with Crippen molar-refractivity contribution < 1.29 is 8.78 Å². The second kappa shape index (κ2) is 5.64. The van der Waals surface area contributed by atoms with E-state index >= 15 is 0 Å². The molecule has 2 aromatic rings. The third-order valence-corrected chi connectivity index (χ3v) is 4.44. The van der Waals surface area contributed by atoms with Gasteiger partial charge in [0.1, 0.15) is 16.7 Å². The molecule has 0 spiro atoms. The van der Waals surface area contributed by atoms with Crippen LogP contribution in [0.15, 0.2) is 12.3 Å². The summed E-state index contributed by atoms with van der Waals surface area (Å²) in [4.78, 5) is 5.97. The minimum Gasteiger partial charge on any atom is -0.363 e. The molecule has 0 amide bonds. The molecule has 1 saturated heterocycles.